The van der Waals surface area contributed by atoms with Gasteiger partial charge in [-0.1, -0.05) is 6.92 Å². The van der Waals surface area contributed by atoms with Crippen LogP contribution in [0.3, 0.4) is 0 Å². The Morgan fingerprint density at radius 2 is 2.14 bits per heavy atom. The maximum absolute atomic E-state index is 12.5. The third-order valence-electron chi connectivity index (χ3n) is 4.05. The monoisotopic (exact) mass is 328 g/mol. The molecule has 7 nitrogen and oxygen atoms in total. The lowest BCUT2D eigenvalue weighted by Crippen LogP contribution is -2.50. The summed E-state index contributed by atoms with van der Waals surface area (Å²) >= 11 is 0. The van der Waals surface area contributed by atoms with Gasteiger partial charge < -0.3 is 14.8 Å². The van der Waals surface area contributed by atoms with Crippen molar-refractivity contribution in [1.29, 1.82) is 0 Å². The summed E-state index contributed by atoms with van der Waals surface area (Å²) in [6, 6.07) is 1.29. The molecule has 2 rings (SSSR count). The van der Waals surface area contributed by atoms with Gasteiger partial charge in [-0.05, 0) is 24.9 Å². The van der Waals surface area contributed by atoms with E-state index in [1.54, 1.807) is 25.7 Å². The van der Waals surface area contributed by atoms with Crippen LogP contribution >= 0.6 is 0 Å². The Hall–Kier alpha value is -1.38. The average Bonchev–Trinajstić information content (AvgIpc) is 2.83. The number of carbonyl (C=O) groups is 1. The minimum absolute atomic E-state index is 0.123. The van der Waals surface area contributed by atoms with Gasteiger partial charge in [0.25, 0.3) is 5.91 Å². The lowest BCUT2D eigenvalue weighted by Gasteiger charge is -2.29. The maximum atomic E-state index is 12.5. The fourth-order valence-electron chi connectivity index (χ4n) is 2.54. The first-order chi connectivity index (χ1) is 10.2. The number of hydrogen-bond acceptors (Lipinski definition) is 4. The topological polar surface area (TPSA) is 83.4 Å². The molecule has 1 aromatic heterocycles. The zero-order valence-electron chi connectivity index (χ0n) is 13.5. The van der Waals surface area contributed by atoms with Gasteiger partial charge in [-0.2, -0.15) is 0 Å². The molecule has 0 spiro atoms. The number of aryl methyl sites for hydroxylation is 1. The van der Waals surface area contributed by atoms with Gasteiger partial charge in [-0.25, -0.2) is 13.1 Å². The molecule has 2 N–H and O–H groups in total. The highest BCUT2D eigenvalue weighted by atomic mass is 32.2. The van der Waals surface area contributed by atoms with Crippen molar-refractivity contribution in [2.75, 3.05) is 27.2 Å². The quantitative estimate of drug-likeness (QED) is 0.815. The lowest BCUT2D eigenvalue weighted by molar-refractivity contribution is 0.0818. The van der Waals surface area contributed by atoms with Crippen LogP contribution in [-0.4, -0.2) is 57.0 Å². The number of carbonyl (C=O) groups excluding carboxylic acids is 1. The number of rotatable bonds is 4. The van der Waals surface area contributed by atoms with Crippen LogP contribution in [0.25, 0.3) is 0 Å². The molecule has 2 heterocycles. The van der Waals surface area contributed by atoms with Crippen LogP contribution in [0.15, 0.2) is 17.2 Å². The molecule has 1 amide bonds. The van der Waals surface area contributed by atoms with E-state index >= 15 is 0 Å². The van der Waals surface area contributed by atoms with E-state index in [1.807, 2.05) is 6.92 Å². The Morgan fingerprint density at radius 1 is 1.45 bits per heavy atom. The number of aromatic nitrogens is 1. The van der Waals surface area contributed by atoms with Crippen molar-refractivity contribution in [3.8, 4) is 0 Å². The normalized spacial score (nSPS) is 22.5. The zero-order valence-corrected chi connectivity index (χ0v) is 14.3. The predicted octanol–water partition coefficient (Wildman–Crippen LogP) is 0.00320. The maximum Gasteiger partial charge on any atom is 0.269 e. The van der Waals surface area contributed by atoms with E-state index in [1.165, 1.54) is 17.2 Å². The molecular formula is C14H24N4O3S. The van der Waals surface area contributed by atoms with Crippen LogP contribution in [0.1, 0.15) is 23.8 Å². The molecule has 0 bridgehead atoms. The number of nitrogens with zero attached hydrogens (tertiary/aromatic N) is 2. The van der Waals surface area contributed by atoms with Crippen LogP contribution in [-0.2, 0) is 17.1 Å². The van der Waals surface area contributed by atoms with E-state index in [2.05, 4.69) is 10.0 Å². The largest absolute Gasteiger partial charge is 0.345 e. The van der Waals surface area contributed by atoms with E-state index in [4.69, 9.17) is 0 Å². The summed E-state index contributed by atoms with van der Waals surface area (Å²) in [6.07, 6.45) is 2.41. The molecule has 1 aliphatic rings. The smallest absolute Gasteiger partial charge is 0.269 e. The SMILES string of the molecule is CC1CCNCC1NS(=O)(=O)c1cc(C(=O)N(C)C)n(C)c1. The summed E-state index contributed by atoms with van der Waals surface area (Å²) in [4.78, 5) is 13.6. The van der Waals surface area contributed by atoms with Crippen LogP contribution in [0, 0.1) is 5.92 Å². The Labute approximate surface area is 131 Å². The molecule has 1 fully saturated rings. The summed E-state index contributed by atoms with van der Waals surface area (Å²) in [5.41, 5.74) is 0.347. The number of nitrogens with one attached hydrogen (secondary N) is 2. The van der Waals surface area contributed by atoms with Crippen molar-refractivity contribution < 1.29 is 13.2 Å². The van der Waals surface area contributed by atoms with Crippen molar-refractivity contribution in [3.63, 3.8) is 0 Å². The Bertz CT molecular complexity index is 651. The second-order valence-electron chi connectivity index (χ2n) is 6.07. The summed E-state index contributed by atoms with van der Waals surface area (Å²) in [7, 11) is 1.30. The van der Waals surface area contributed by atoms with Crippen LogP contribution in [0.5, 0.6) is 0 Å². The van der Waals surface area contributed by atoms with E-state index in [-0.39, 0.29) is 22.8 Å². The van der Waals surface area contributed by atoms with Gasteiger partial charge in [0.1, 0.15) is 10.6 Å². The van der Waals surface area contributed by atoms with E-state index in [0.717, 1.165) is 13.0 Å². The number of sulfonamides is 1. The first kappa shape index (κ1) is 17.0. The Kier molecular flexibility index (Phi) is 4.93. The molecule has 1 saturated heterocycles. The number of piperidine rings is 1. The summed E-state index contributed by atoms with van der Waals surface area (Å²) in [6.45, 7) is 3.57. The highest BCUT2D eigenvalue weighted by Crippen LogP contribution is 2.18. The molecule has 2 unspecified atom stereocenters. The summed E-state index contributed by atoms with van der Waals surface area (Å²) in [5.74, 6) is 0.0549. The van der Waals surface area contributed by atoms with Gasteiger partial charge in [0.2, 0.25) is 10.0 Å². The van der Waals surface area contributed by atoms with Crippen LogP contribution < -0.4 is 10.0 Å². The van der Waals surface area contributed by atoms with Gasteiger partial charge >= 0.3 is 0 Å². The Balaban J connectivity index is 2.23. The lowest BCUT2D eigenvalue weighted by atomic mass is 9.96. The molecule has 1 aliphatic heterocycles. The number of hydrogen-bond donors (Lipinski definition) is 2. The summed E-state index contributed by atoms with van der Waals surface area (Å²) < 4.78 is 29.3. The van der Waals surface area contributed by atoms with E-state index < -0.39 is 10.0 Å². The summed E-state index contributed by atoms with van der Waals surface area (Å²) in [5, 5.41) is 3.20. The van der Waals surface area contributed by atoms with E-state index in [0.29, 0.717) is 12.2 Å². The van der Waals surface area contributed by atoms with Crippen molar-refractivity contribution in [2.45, 2.75) is 24.3 Å². The highest BCUT2D eigenvalue weighted by Gasteiger charge is 2.28. The third-order valence-corrected chi connectivity index (χ3v) is 5.51. The first-order valence-corrected chi connectivity index (χ1v) is 8.81. The van der Waals surface area contributed by atoms with Crippen molar-refractivity contribution >= 4 is 15.9 Å². The minimum Gasteiger partial charge on any atom is -0.345 e. The second kappa shape index (κ2) is 6.39. The van der Waals surface area contributed by atoms with Gasteiger partial charge in [0.15, 0.2) is 0 Å². The molecule has 1 aromatic rings. The molecule has 0 aromatic carbocycles. The first-order valence-electron chi connectivity index (χ1n) is 7.33. The molecule has 124 valence electrons. The number of amides is 1. The van der Waals surface area contributed by atoms with Crippen LogP contribution in [0.4, 0.5) is 0 Å². The van der Waals surface area contributed by atoms with Crippen molar-refractivity contribution in [2.24, 2.45) is 13.0 Å². The molecule has 2 atom stereocenters. The fraction of sp³-hybridized carbons (Fsp3) is 0.643. The van der Waals surface area contributed by atoms with Crippen molar-refractivity contribution in [3.05, 3.63) is 18.0 Å². The standard InChI is InChI=1S/C14H24N4O3S/c1-10-5-6-15-8-12(10)16-22(20,21)11-7-13(18(4)9-11)14(19)17(2)3/h7,9-10,12,15-16H,5-6,8H2,1-4H3. The molecule has 0 saturated carbocycles. The Morgan fingerprint density at radius 3 is 2.73 bits per heavy atom. The average molecular weight is 328 g/mol. The van der Waals surface area contributed by atoms with Gasteiger partial charge in [0, 0.05) is 39.9 Å². The minimum atomic E-state index is -3.64. The highest BCUT2D eigenvalue weighted by molar-refractivity contribution is 7.89. The molecule has 0 radical (unpaired) electrons. The zero-order chi connectivity index (χ0) is 16.5. The fourth-order valence-corrected chi connectivity index (χ4v) is 3.95. The van der Waals surface area contributed by atoms with Crippen molar-refractivity contribution in [1.82, 2.24) is 19.5 Å². The molecular weight excluding hydrogens is 304 g/mol. The predicted molar refractivity (Wildman–Crippen MR) is 84.2 cm³/mol. The molecule has 0 aliphatic carbocycles. The molecule has 8 heteroatoms. The second-order valence-corrected chi connectivity index (χ2v) is 7.78. The van der Waals surface area contributed by atoms with E-state index in [9.17, 15) is 13.2 Å². The van der Waals surface area contributed by atoms with Gasteiger partial charge in [-0.15, -0.1) is 0 Å². The third kappa shape index (κ3) is 3.50. The molecule has 22 heavy (non-hydrogen) atoms. The van der Waals surface area contributed by atoms with Crippen LogP contribution in [0.2, 0.25) is 0 Å². The van der Waals surface area contributed by atoms with Gasteiger partial charge in [-0.3, -0.25) is 4.79 Å². The van der Waals surface area contributed by atoms with Gasteiger partial charge in [0.05, 0.1) is 0 Å².